The number of aryl methyl sites for hydroxylation is 1. The van der Waals surface area contributed by atoms with Gasteiger partial charge in [0, 0.05) is 38.8 Å². The Balaban J connectivity index is 1.38. The summed E-state index contributed by atoms with van der Waals surface area (Å²) in [7, 11) is 0. The zero-order chi connectivity index (χ0) is 17.2. The summed E-state index contributed by atoms with van der Waals surface area (Å²) >= 11 is 1.69. The fraction of sp³-hybridized carbons (Fsp3) is 0.412. The normalized spacial score (nSPS) is 15.8. The number of thiophene rings is 1. The van der Waals surface area contributed by atoms with Crippen molar-refractivity contribution in [2.45, 2.75) is 13.5 Å². The summed E-state index contributed by atoms with van der Waals surface area (Å²) in [4.78, 5) is 25.3. The average Bonchev–Trinajstić information content (AvgIpc) is 3.12. The summed E-state index contributed by atoms with van der Waals surface area (Å²) in [5.41, 5.74) is 1.85. The highest BCUT2D eigenvalue weighted by Crippen LogP contribution is 2.28. The van der Waals surface area contributed by atoms with Crippen LogP contribution in [0.5, 0.6) is 0 Å². The third kappa shape index (κ3) is 3.40. The summed E-state index contributed by atoms with van der Waals surface area (Å²) in [6, 6.07) is 5.38. The molecule has 0 bridgehead atoms. The third-order valence-corrected chi connectivity index (χ3v) is 5.42. The van der Waals surface area contributed by atoms with E-state index in [4.69, 9.17) is 0 Å². The van der Waals surface area contributed by atoms with Gasteiger partial charge in [0.15, 0.2) is 0 Å². The predicted octanol–water partition coefficient (Wildman–Crippen LogP) is 1.38. The Morgan fingerprint density at radius 3 is 2.76 bits per heavy atom. The molecule has 0 spiro atoms. The maximum atomic E-state index is 11.8. The molecule has 130 valence electrons. The second-order valence-corrected chi connectivity index (χ2v) is 7.11. The van der Waals surface area contributed by atoms with Gasteiger partial charge in [0.1, 0.15) is 12.1 Å². The van der Waals surface area contributed by atoms with E-state index < -0.39 is 0 Å². The molecule has 0 aromatic carbocycles. The zero-order valence-corrected chi connectivity index (χ0v) is 14.9. The predicted molar refractivity (Wildman–Crippen MR) is 99.3 cm³/mol. The van der Waals surface area contributed by atoms with E-state index in [-0.39, 0.29) is 5.56 Å². The van der Waals surface area contributed by atoms with Crippen LogP contribution in [0.3, 0.4) is 0 Å². The molecule has 0 N–H and O–H groups in total. The first-order valence-corrected chi connectivity index (χ1v) is 9.29. The molecule has 3 aromatic rings. The van der Waals surface area contributed by atoms with Gasteiger partial charge in [-0.2, -0.15) is 5.10 Å². The lowest BCUT2D eigenvalue weighted by atomic mass is 10.3. The van der Waals surface area contributed by atoms with E-state index in [9.17, 15) is 4.79 Å². The van der Waals surface area contributed by atoms with Crippen LogP contribution in [0.25, 0.3) is 10.2 Å². The SMILES string of the molecule is Cc1ccc(=O)n(CCN2CCN(c3ncnc4ccsc34)CC2)n1. The quantitative estimate of drug-likeness (QED) is 0.704. The number of hydrogen-bond donors (Lipinski definition) is 0. The molecule has 0 saturated carbocycles. The van der Waals surface area contributed by atoms with Crippen molar-refractivity contribution < 1.29 is 0 Å². The van der Waals surface area contributed by atoms with Gasteiger partial charge in [-0.15, -0.1) is 11.3 Å². The molecule has 4 rings (SSSR count). The smallest absolute Gasteiger partial charge is 0.266 e. The van der Waals surface area contributed by atoms with E-state index in [1.807, 2.05) is 13.0 Å². The van der Waals surface area contributed by atoms with Gasteiger partial charge >= 0.3 is 0 Å². The summed E-state index contributed by atoms with van der Waals surface area (Å²) in [5.74, 6) is 1.04. The van der Waals surface area contributed by atoms with Gasteiger partial charge in [-0.25, -0.2) is 14.6 Å². The molecule has 1 fully saturated rings. The van der Waals surface area contributed by atoms with Gasteiger partial charge in [0.05, 0.1) is 22.5 Å². The Bertz CT molecular complexity index is 928. The van der Waals surface area contributed by atoms with Crippen molar-refractivity contribution in [3.63, 3.8) is 0 Å². The topological polar surface area (TPSA) is 67.2 Å². The molecule has 1 aliphatic rings. The fourth-order valence-electron chi connectivity index (χ4n) is 3.13. The van der Waals surface area contributed by atoms with Gasteiger partial charge in [0.25, 0.3) is 5.56 Å². The molecule has 0 unspecified atom stereocenters. The third-order valence-electron chi connectivity index (χ3n) is 4.52. The Hall–Kier alpha value is -2.32. The molecular weight excluding hydrogens is 336 g/mol. The summed E-state index contributed by atoms with van der Waals surface area (Å²) in [6.07, 6.45) is 1.65. The molecule has 25 heavy (non-hydrogen) atoms. The number of fused-ring (bicyclic) bond motifs is 1. The van der Waals surface area contributed by atoms with E-state index in [0.29, 0.717) is 6.54 Å². The molecule has 0 atom stereocenters. The second-order valence-electron chi connectivity index (χ2n) is 6.20. The van der Waals surface area contributed by atoms with Crippen molar-refractivity contribution >= 4 is 27.4 Å². The van der Waals surface area contributed by atoms with Crippen LogP contribution in [0.15, 0.2) is 34.7 Å². The highest BCUT2D eigenvalue weighted by Gasteiger charge is 2.20. The highest BCUT2D eigenvalue weighted by molar-refractivity contribution is 7.17. The van der Waals surface area contributed by atoms with Crippen LogP contribution in [0, 0.1) is 6.92 Å². The average molecular weight is 356 g/mol. The molecule has 0 amide bonds. The number of hydrogen-bond acceptors (Lipinski definition) is 7. The Morgan fingerprint density at radius 2 is 1.92 bits per heavy atom. The van der Waals surface area contributed by atoms with Crippen molar-refractivity contribution in [3.8, 4) is 0 Å². The van der Waals surface area contributed by atoms with Crippen LogP contribution < -0.4 is 10.5 Å². The van der Waals surface area contributed by atoms with Crippen LogP contribution >= 0.6 is 11.3 Å². The Labute approximate surface area is 149 Å². The van der Waals surface area contributed by atoms with Crippen molar-refractivity contribution in [1.29, 1.82) is 0 Å². The van der Waals surface area contributed by atoms with Crippen molar-refractivity contribution in [2.75, 3.05) is 37.6 Å². The molecule has 8 heteroatoms. The standard InChI is InChI=1S/C17H20N6OS/c1-13-2-3-15(24)23(20-13)10-7-21-5-8-22(9-6-21)17-16-14(4-11-25-16)18-12-19-17/h2-4,11-12H,5-10H2,1H3. The van der Waals surface area contributed by atoms with Gasteiger partial charge in [0.2, 0.25) is 0 Å². The summed E-state index contributed by atoms with van der Waals surface area (Å²) in [6.45, 7) is 7.14. The Morgan fingerprint density at radius 1 is 1.08 bits per heavy atom. The summed E-state index contributed by atoms with van der Waals surface area (Å²) < 4.78 is 2.72. The van der Waals surface area contributed by atoms with Gasteiger partial charge < -0.3 is 4.90 Å². The first-order valence-electron chi connectivity index (χ1n) is 8.41. The van der Waals surface area contributed by atoms with Gasteiger partial charge in [-0.1, -0.05) is 0 Å². The van der Waals surface area contributed by atoms with Gasteiger partial charge in [-0.3, -0.25) is 9.69 Å². The maximum absolute atomic E-state index is 11.8. The maximum Gasteiger partial charge on any atom is 0.266 e. The van der Waals surface area contributed by atoms with Crippen LogP contribution in [0.1, 0.15) is 5.69 Å². The molecule has 1 aliphatic heterocycles. The van der Waals surface area contributed by atoms with Crippen LogP contribution in [-0.4, -0.2) is 57.4 Å². The minimum absolute atomic E-state index is 0.0368. The lowest BCUT2D eigenvalue weighted by Gasteiger charge is -2.35. The molecule has 0 aliphatic carbocycles. The number of nitrogens with zero attached hydrogens (tertiary/aromatic N) is 6. The zero-order valence-electron chi connectivity index (χ0n) is 14.1. The number of piperazine rings is 1. The van der Waals surface area contributed by atoms with Gasteiger partial charge in [-0.05, 0) is 24.4 Å². The molecule has 0 radical (unpaired) electrons. The first kappa shape index (κ1) is 16.2. The minimum atomic E-state index is -0.0368. The monoisotopic (exact) mass is 356 g/mol. The van der Waals surface area contributed by atoms with E-state index in [1.54, 1.807) is 34.5 Å². The van der Waals surface area contributed by atoms with E-state index in [0.717, 1.165) is 54.5 Å². The molecule has 1 saturated heterocycles. The summed E-state index contributed by atoms with van der Waals surface area (Å²) in [5, 5.41) is 6.36. The number of rotatable bonds is 4. The van der Waals surface area contributed by atoms with E-state index in [1.165, 1.54) is 0 Å². The first-order chi connectivity index (χ1) is 12.2. The van der Waals surface area contributed by atoms with Crippen molar-refractivity contribution in [3.05, 3.63) is 46.0 Å². The number of anilines is 1. The van der Waals surface area contributed by atoms with Crippen molar-refractivity contribution in [2.24, 2.45) is 0 Å². The molecule has 4 heterocycles. The van der Waals surface area contributed by atoms with E-state index in [2.05, 4.69) is 30.2 Å². The van der Waals surface area contributed by atoms with Crippen LogP contribution in [0.2, 0.25) is 0 Å². The molecule has 3 aromatic heterocycles. The molecule has 7 nitrogen and oxygen atoms in total. The van der Waals surface area contributed by atoms with Crippen molar-refractivity contribution in [1.82, 2.24) is 24.6 Å². The largest absolute Gasteiger partial charge is 0.353 e. The Kier molecular flexibility index (Phi) is 4.46. The minimum Gasteiger partial charge on any atom is -0.353 e. The fourth-order valence-corrected chi connectivity index (χ4v) is 3.99. The van der Waals surface area contributed by atoms with E-state index >= 15 is 0 Å². The highest BCUT2D eigenvalue weighted by atomic mass is 32.1. The van der Waals surface area contributed by atoms with Crippen LogP contribution in [0.4, 0.5) is 5.82 Å². The second kappa shape index (κ2) is 6.89. The lowest BCUT2D eigenvalue weighted by molar-refractivity contribution is 0.242. The molecular formula is C17H20N6OS. The lowest BCUT2D eigenvalue weighted by Crippen LogP contribution is -2.48. The van der Waals surface area contributed by atoms with Crippen LogP contribution in [-0.2, 0) is 6.54 Å². The number of aromatic nitrogens is 4.